The number of carbonyl (C=O) groups excluding carboxylic acids is 2. The molecule has 3 rings (SSSR count). The number of ether oxygens (including phenoxy) is 1. The summed E-state index contributed by atoms with van der Waals surface area (Å²) in [6.45, 7) is 2.25. The fraction of sp³-hybridized carbons (Fsp3) is 0.650. The van der Waals surface area contributed by atoms with Gasteiger partial charge in [-0.15, -0.1) is 0 Å². The van der Waals surface area contributed by atoms with Crippen molar-refractivity contribution in [1.29, 1.82) is 0 Å². The second-order valence-electron chi connectivity index (χ2n) is 8.05. The Labute approximate surface area is 161 Å². The first-order valence-electron chi connectivity index (χ1n) is 9.51. The second kappa shape index (κ2) is 8.35. The van der Waals surface area contributed by atoms with E-state index in [2.05, 4.69) is 16.0 Å². The molecule has 7 heteroatoms. The van der Waals surface area contributed by atoms with Crippen LogP contribution in [0.15, 0.2) is 24.5 Å². The third-order valence-corrected chi connectivity index (χ3v) is 5.76. The molecule has 2 saturated heterocycles. The Morgan fingerprint density at radius 1 is 1.19 bits per heavy atom. The number of amides is 2. The van der Waals surface area contributed by atoms with Crippen molar-refractivity contribution in [3.63, 3.8) is 0 Å². The van der Waals surface area contributed by atoms with Crippen LogP contribution >= 0.6 is 0 Å². The highest BCUT2D eigenvalue weighted by atomic mass is 16.5. The molecule has 2 aliphatic heterocycles. The number of pyridine rings is 1. The Kier molecular flexibility index (Phi) is 6.11. The van der Waals surface area contributed by atoms with Crippen molar-refractivity contribution < 1.29 is 14.3 Å². The summed E-state index contributed by atoms with van der Waals surface area (Å²) in [4.78, 5) is 34.5. The quantitative estimate of drug-likeness (QED) is 0.739. The molecule has 2 amide bonds. The zero-order valence-corrected chi connectivity index (χ0v) is 16.7. The number of carbonyl (C=O) groups is 2. The maximum atomic E-state index is 12.4. The number of likely N-dealkylation sites (tertiary alicyclic amines) is 1. The van der Waals surface area contributed by atoms with E-state index in [1.165, 1.54) is 0 Å². The van der Waals surface area contributed by atoms with E-state index in [1.807, 2.05) is 12.3 Å². The topological polar surface area (TPSA) is 66.0 Å². The molecule has 0 unspecified atom stereocenters. The number of hydrogen-bond acceptors (Lipinski definition) is 5. The van der Waals surface area contributed by atoms with Gasteiger partial charge in [-0.1, -0.05) is 6.07 Å². The van der Waals surface area contributed by atoms with Crippen molar-refractivity contribution in [2.24, 2.45) is 11.8 Å². The van der Waals surface area contributed by atoms with Gasteiger partial charge in [-0.25, -0.2) is 0 Å². The molecule has 0 aliphatic carbocycles. The highest BCUT2D eigenvalue weighted by molar-refractivity contribution is 5.77. The molecule has 0 saturated carbocycles. The first kappa shape index (κ1) is 19.8. The van der Waals surface area contributed by atoms with Gasteiger partial charge in [-0.05, 0) is 17.5 Å². The largest absolute Gasteiger partial charge is 0.376 e. The van der Waals surface area contributed by atoms with Crippen LogP contribution in [0.4, 0.5) is 0 Å². The van der Waals surface area contributed by atoms with E-state index in [-0.39, 0.29) is 35.8 Å². The van der Waals surface area contributed by atoms with Crippen LogP contribution in [0.5, 0.6) is 0 Å². The minimum atomic E-state index is -0.122. The van der Waals surface area contributed by atoms with Crippen molar-refractivity contribution in [2.75, 3.05) is 41.3 Å². The molecule has 3 heterocycles. The predicted molar refractivity (Wildman–Crippen MR) is 102 cm³/mol. The van der Waals surface area contributed by atoms with E-state index in [0.717, 1.165) is 18.7 Å². The van der Waals surface area contributed by atoms with Gasteiger partial charge in [0, 0.05) is 72.1 Å². The molecule has 0 N–H and O–H groups in total. The maximum absolute atomic E-state index is 12.4. The summed E-state index contributed by atoms with van der Waals surface area (Å²) in [6.07, 6.45) is 4.41. The molecule has 0 bridgehead atoms. The third kappa shape index (κ3) is 4.47. The van der Waals surface area contributed by atoms with Crippen LogP contribution in [0.25, 0.3) is 0 Å². The van der Waals surface area contributed by atoms with Crippen LogP contribution in [0.2, 0.25) is 0 Å². The molecule has 148 valence electrons. The fourth-order valence-electron chi connectivity index (χ4n) is 4.28. The summed E-state index contributed by atoms with van der Waals surface area (Å²) in [7, 11) is 7.12. The van der Waals surface area contributed by atoms with Crippen LogP contribution in [-0.4, -0.2) is 85.0 Å². The molecular formula is C20H30N4O3. The van der Waals surface area contributed by atoms with Crippen molar-refractivity contribution >= 4 is 11.8 Å². The van der Waals surface area contributed by atoms with Gasteiger partial charge in [0.1, 0.15) is 0 Å². The summed E-state index contributed by atoms with van der Waals surface area (Å²) < 4.78 is 6.05. The molecule has 0 aromatic carbocycles. The van der Waals surface area contributed by atoms with Gasteiger partial charge < -0.3 is 14.5 Å². The molecule has 0 radical (unpaired) electrons. The standard InChI is InChI=1S/C20H30N4O3/c1-22(2)18(25)8-15-12-24(11-14-6-5-7-21-10-14)16-13-27-17(20(15)16)9-19(26)23(3)4/h5-7,10,15-17,20H,8-9,11-13H2,1-4H3/t15-,16-,17+,20-/m1/s1. The van der Waals surface area contributed by atoms with Gasteiger partial charge in [0.15, 0.2) is 0 Å². The van der Waals surface area contributed by atoms with Gasteiger partial charge in [0.2, 0.25) is 11.8 Å². The Hall–Kier alpha value is -1.99. The number of rotatable bonds is 6. The Morgan fingerprint density at radius 2 is 1.89 bits per heavy atom. The summed E-state index contributed by atoms with van der Waals surface area (Å²) in [5, 5.41) is 0. The molecule has 2 fully saturated rings. The third-order valence-electron chi connectivity index (χ3n) is 5.76. The minimum absolute atomic E-state index is 0.0732. The minimum Gasteiger partial charge on any atom is -0.376 e. The van der Waals surface area contributed by atoms with Gasteiger partial charge in [-0.2, -0.15) is 0 Å². The Bertz CT molecular complexity index is 664. The maximum Gasteiger partial charge on any atom is 0.224 e. The molecule has 1 aromatic heterocycles. The molecular weight excluding hydrogens is 344 g/mol. The lowest BCUT2D eigenvalue weighted by Gasteiger charge is -2.24. The Balaban J connectivity index is 1.76. The van der Waals surface area contributed by atoms with Crippen LogP contribution in [-0.2, 0) is 20.9 Å². The summed E-state index contributed by atoms with van der Waals surface area (Å²) >= 11 is 0. The molecule has 7 nitrogen and oxygen atoms in total. The summed E-state index contributed by atoms with van der Waals surface area (Å²) in [5.41, 5.74) is 1.16. The van der Waals surface area contributed by atoms with Gasteiger partial charge >= 0.3 is 0 Å². The first-order chi connectivity index (χ1) is 12.9. The van der Waals surface area contributed by atoms with Gasteiger partial charge in [-0.3, -0.25) is 19.5 Å². The number of nitrogens with zero attached hydrogens (tertiary/aromatic N) is 4. The highest BCUT2D eigenvalue weighted by Gasteiger charge is 2.51. The lowest BCUT2D eigenvalue weighted by atomic mass is 9.84. The van der Waals surface area contributed by atoms with Crippen LogP contribution < -0.4 is 0 Å². The molecule has 1 aromatic rings. The van der Waals surface area contributed by atoms with E-state index in [0.29, 0.717) is 19.4 Å². The Morgan fingerprint density at radius 3 is 2.52 bits per heavy atom. The molecule has 27 heavy (non-hydrogen) atoms. The summed E-state index contributed by atoms with van der Waals surface area (Å²) in [5.74, 6) is 0.606. The SMILES string of the molecule is CN(C)C(=O)C[C@@H]1CN(Cc2cccnc2)[C@@H]2CO[C@@H](CC(=O)N(C)C)[C@H]12. The van der Waals surface area contributed by atoms with E-state index in [4.69, 9.17) is 4.74 Å². The molecule has 4 atom stereocenters. The lowest BCUT2D eigenvalue weighted by Crippen LogP contribution is -2.35. The van der Waals surface area contributed by atoms with E-state index in [1.54, 1.807) is 44.2 Å². The normalized spacial score (nSPS) is 27.4. The molecule has 2 aliphatic rings. The molecule has 0 spiro atoms. The first-order valence-corrected chi connectivity index (χ1v) is 9.51. The van der Waals surface area contributed by atoms with E-state index < -0.39 is 0 Å². The lowest BCUT2D eigenvalue weighted by molar-refractivity contribution is -0.131. The van der Waals surface area contributed by atoms with Crippen molar-refractivity contribution in [1.82, 2.24) is 19.7 Å². The number of hydrogen-bond donors (Lipinski definition) is 0. The van der Waals surface area contributed by atoms with E-state index in [9.17, 15) is 9.59 Å². The van der Waals surface area contributed by atoms with Gasteiger partial charge in [0.05, 0.1) is 19.1 Å². The average Bonchev–Trinajstić information content (AvgIpc) is 3.18. The fourth-order valence-corrected chi connectivity index (χ4v) is 4.28. The van der Waals surface area contributed by atoms with E-state index >= 15 is 0 Å². The van der Waals surface area contributed by atoms with Crippen LogP contribution in [0.1, 0.15) is 18.4 Å². The number of fused-ring (bicyclic) bond motifs is 1. The smallest absolute Gasteiger partial charge is 0.224 e. The van der Waals surface area contributed by atoms with Gasteiger partial charge in [0.25, 0.3) is 0 Å². The predicted octanol–water partition coefficient (Wildman–Crippen LogP) is 0.854. The average molecular weight is 374 g/mol. The highest BCUT2D eigenvalue weighted by Crippen LogP contribution is 2.42. The van der Waals surface area contributed by atoms with Crippen molar-refractivity contribution in [3.05, 3.63) is 30.1 Å². The van der Waals surface area contributed by atoms with Crippen LogP contribution in [0.3, 0.4) is 0 Å². The van der Waals surface area contributed by atoms with Crippen molar-refractivity contribution in [2.45, 2.75) is 31.5 Å². The zero-order valence-electron chi connectivity index (χ0n) is 16.7. The zero-order chi connectivity index (χ0) is 19.6. The summed E-state index contributed by atoms with van der Waals surface area (Å²) in [6, 6.07) is 4.26. The van der Waals surface area contributed by atoms with Crippen molar-refractivity contribution in [3.8, 4) is 0 Å². The monoisotopic (exact) mass is 374 g/mol. The number of aromatic nitrogens is 1. The second-order valence-corrected chi connectivity index (χ2v) is 8.05. The van der Waals surface area contributed by atoms with Crippen LogP contribution in [0, 0.1) is 11.8 Å².